The van der Waals surface area contributed by atoms with Crippen LogP contribution in [0.25, 0.3) is 11.4 Å². The number of aryl methyl sites for hydroxylation is 1. The first-order valence-electron chi connectivity index (χ1n) is 7.25. The molecule has 1 atom stereocenters. The maximum Gasteiger partial charge on any atom is 0.408 e. The molecule has 0 radical (unpaired) electrons. The highest BCUT2D eigenvalue weighted by Gasteiger charge is 2.21. The van der Waals surface area contributed by atoms with Gasteiger partial charge in [0, 0.05) is 10.6 Å². The Morgan fingerprint density at radius 1 is 1.39 bits per heavy atom. The minimum absolute atomic E-state index is 0.304. The van der Waals surface area contributed by atoms with E-state index in [2.05, 4.69) is 15.5 Å². The Morgan fingerprint density at radius 3 is 2.70 bits per heavy atom. The number of rotatable bonds is 3. The van der Waals surface area contributed by atoms with Crippen molar-refractivity contribution in [3.8, 4) is 11.4 Å². The molecule has 0 saturated heterocycles. The third-order valence-electron chi connectivity index (χ3n) is 2.96. The second kappa shape index (κ2) is 6.58. The van der Waals surface area contributed by atoms with Gasteiger partial charge in [-0.15, -0.1) is 0 Å². The van der Waals surface area contributed by atoms with Crippen LogP contribution in [0.4, 0.5) is 4.79 Å². The number of carbonyl (C=O) groups excluding carboxylic acids is 1. The smallest absolute Gasteiger partial charge is 0.408 e. The van der Waals surface area contributed by atoms with Crippen LogP contribution in [0.15, 0.2) is 22.7 Å². The number of hydrogen-bond donors (Lipinski definition) is 1. The van der Waals surface area contributed by atoms with Crippen LogP contribution in [-0.2, 0) is 4.74 Å². The molecule has 1 aromatic heterocycles. The standard InChI is InChI=1S/C16H20ClN3O3/c1-9-8-11(6-7-12(9)17)13-19-14(23-20-13)10(2)18-15(21)22-16(3,4)5/h6-8,10H,1-5H3,(H,18,21)/t10-/m0/s1. The second-order valence-electron chi connectivity index (χ2n) is 6.29. The van der Waals surface area contributed by atoms with Gasteiger partial charge in [0.05, 0.1) is 0 Å². The Kier molecular flexibility index (Phi) is 4.94. The van der Waals surface area contributed by atoms with Crippen molar-refractivity contribution in [2.45, 2.75) is 46.3 Å². The van der Waals surface area contributed by atoms with Crippen LogP contribution >= 0.6 is 11.6 Å². The van der Waals surface area contributed by atoms with Gasteiger partial charge in [0.2, 0.25) is 11.7 Å². The van der Waals surface area contributed by atoms with Crippen LogP contribution in [0.2, 0.25) is 5.02 Å². The molecular formula is C16H20ClN3O3. The zero-order chi connectivity index (χ0) is 17.2. The monoisotopic (exact) mass is 337 g/mol. The fraction of sp³-hybridized carbons (Fsp3) is 0.438. The van der Waals surface area contributed by atoms with E-state index in [0.29, 0.717) is 16.7 Å². The summed E-state index contributed by atoms with van der Waals surface area (Å²) in [6.07, 6.45) is -0.535. The average Bonchev–Trinajstić information content (AvgIpc) is 2.89. The van der Waals surface area contributed by atoms with Crippen molar-refractivity contribution in [2.75, 3.05) is 0 Å². The van der Waals surface area contributed by atoms with Crippen molar-refractivity contribution >= 4 is 17.7 Å². The largest absolute Gasteiger partial charge is 0.444 e. The van der Waals surface area contributed by atoms with Crippen molar-refractivity contribution in [1.82, 2.24) is 15.5 Å². The van der Waals surface area contributed by atoms with Crippen LogP contribution in [-0.4, -0.2) is 21.8 Å². The number of nitrogens with one attached hydrogen (secondary N) is 1. The number of benzene rings is 1. The number of hydrogen-bond acceptors (Lipinski definition) is 5. The van der Waals surface area contributed by atoms with E-state index in [1.807, 2.05) is 19.1 Å². The highest BCUT2D eigenvalue weighted by molar-refractivity contribution is 6.31. The fourth-order valence-electron chi connectivity index (χ4n) is 1.86. The minimum Gasteiger partial charge on any atom is -0.444 e. The summed E-state index contributed by atoms with van der Waals surface area (Å²) >= 11 is 6.01. The van der Waals surface area contributed by atoms with E-state index >= 15 is 0 Å². The highest BCUT2D eigenvalue weighted by Crippen LogP contribution is 2.24. The molecule has 1 aromatic carbocycles. The van der Waals surface area contributed by atoms with E-state index in [1.54, 1.807) is 33.8 Å². The van der Waals surface area contributed by atoms with Crippen molar-refractivity contribution in [1.29, 1.82) is 0 Å². The molecule has 2 rings (SSSR count). The zero-order valence-electron chi connectivity index (χ0n) is 13.8. The lowest BCUT2D eigenvalue weighted by Crippen LogP contribution is -2.34. The molecule has 1 N–H and O–H groups in total. The van der Waals surface area contributed by atoms with E-state index in [-0.39, 0.29) is 0 Å². The van der Waals surface area contributed by atoms with Crippen LogP contribution in [0.1, 0.15) is 45.2 Å². The molecule has 23 heavy (non-hydrogen) atoms. The van der Waals surface area contributed by atoms with Crippen molar-refractivity contribution in [3.05, 3.63) is 34.7 Å². The Bertz CT molecular complexity index is 707. The molecule has 0 fully saturated rings. The van der Waals surface area contributed by atoms with E-state index < -0.39 is 17.7 Å². The molecule has 6 nitrogen and oxygen atoms in total. The molecule has 7 heteroatoms. The molecule has 0 aliphatic carbocycles. The Balaban J connectivity index is 2.09. The normalized spacial score (nSPS) is 12.8. The Hall–Kier alpha value is -2.08. The summed E-state index contributed by atoms with van der Waals surface area (Å²) in [5.74, 6) is 0.746. The van der Waals surface area contributed by atoms with Crippen LogP contribution in [0.3, 0.4) is 0 Å². The van der Waals surface area contributed by atoms with E-state index in [1.165, 1.54) is 0 Å². The maximum absolute atomic E-state index is 11.8. The number of ether oxygens (including phenoxy) is 1. The van der Waals surface area contributed by atoms with Gasteiger partial charge in [0.1, 0.15) is 11.6 Å². The Morgan fingerprint density at radius 2 is 2.09 bits per heavy atom. The molecule has 1 heterocycles. The van der Waals surface area contributed by atoms with E-state index in [4.69, 9.17) is 20.9 Å². The quantitative estimate of drug-likeness (QED) is 0.904. The molecule has 0 bridgehead atoms. The summed E-state index contributed by atoms with van der Waals surface area (Å²) in [6, 6.07) is 5.02. The van der Waals surface area contributed by atoms with Gasteiger partial charge in [-0.2, -0.15) is 4.98 Å². The predicted molar refractivity (Wildman–Crippen MR) is 87.3 cm³/mol. The summed E-state index contributed by atoms with van der Waals surface area (Å²) in [5.41, 5.74) is 1.16. The first kappa shape index (κ1) is 17.3. The summed E-state index contributed by atoms with van der Waals surface area (Å²) in [4.78, 5) is 16.1. The number of carbonyl (C=O) groups is 1. The van der Waals surface area contributed by atoms with Gasteiger partial charge in [-0.1, -0.05) is 16.8 Å². The van der Waals surface area contributed by atoms with Crippen molar-refractivity contribution in [3.63, 3.8) is 0 Å². The second-order valence-corrected chi connectivity index (χ2v) is 6.70. The van der Waals surface area contributed by atoms with E-state index in [9.17, 15) is 4.79 Å². The highest BCUT2D eigenvalue weighted by atomic mass is 35.5. The van der Waals surface area contributed by atoms with Crippen LogP contribution in [0, 0.1) is 6.92 Å². The Labute approximate surface area is 140 Å². The molecule has 0 saturated carbocycles. The first-order valence-corrected chi connectivity index (χ1v) is 7.63. The summed E-state index contributed by atoms with van der Waals surface area (Å²) < 4.78 is 10.4. The first-order chi connectivity index (χ1) is 10.7. The van der Waals surface area contributed by atoms with Crippen LogP contribution in [0.5, 0.6) is 0 Å². The number of amides is 1. The number of alkyl carbamates (subject to hydrolysis) is 1. The zero-order valence-corrected chi connectivity index (χ0v) is 14.6. The molecule has 1 amide bonds. The molecule has 124 valence electrons. The summed E-state index contributed by atoms with van der Waals surface area (Å²) in [6.45, 7) is 9.04. The molecular weight excluding hydrogens is 318 g/mol. The molecule has 0 aliphatic rings. The predicted octanol–water partition coefficient (Wildman–Crippen LogP) is 4.28. The van der Waals surface area contributed by atoms with Gasteiger partial charge in [-0.25, -0.2) is 4.79 Å². The van der Waals surface area contributed by atoms with Crippen LogP contribution < -0.4 is 5.32 Å². The van der Waals surface area contributed by atoms with Gasteiger partial charge < -0.3 is 14.6 Å². The number of aromatic nitrogens is 2. The molecule has 2 aromatic rings. The molecule has 0 unspecified atom stereocenters. The van der Waals surface area contributed by atoms with Crippen molar-refractivity contribution < 1.29 is 14.1 Å². The topological polar surface area (TPSA) is 77.2 Å². The molecule has 0 aliphatic heterocycles. The van der Waals surface area contributed by atoms with Gasteiger partial charge in [-0.3, -0.25) is 0 Å². The van der Waals surface area contributed by atoms with Gasteiger partial charge in [0.25, 0.3) is 0 Å². The number of halogens is 1. The summed E-state index contributed by atoms with van der Waals surface area (Å²) in [7, 11) is 0. The lowest BCUT2D eigenvalue weighted by atomic mass is 10.1. The van der Waals surface area contributed by atoms with E-state index in [0.717, 1.165) is 11.1 Å². The third-order valence-corrected chi connectivity index (χ3v) is 3.39. The van der Waals surface area contributed by atoms with Gasteiger partial charge in [-0.05, 0) is 58.4 Å². The fourth-order valence-corrected chi connectivity index (χ4v) is 1.98. The SMILES string of the molecule is Cc1cc(-c2noc([C@H](C)NC(=O)OC(C)(C)C)n2)ccc1Cl. The minimum atomic E-state index is -0.565. The van der Waals surface area contributed by atoms with Crippen molar-refractivity contribution in [2.24, 2.45) is 0 Å². The number of nitrogens with zero attached hydrogens (tertiary/aromatic N) is 2. The maximum atomic E-state index is 11.8. The lowest BCUT2D eigenvalue weighted by Gasteiger charge is -2.20. The average molecular weight is 338 g/mol. The summed E-state index contributed by atoms with van der Waals surface area (Å²) in [5, 5.41) is 7.28. The lowest BCUT2D eigenvalue weighted by molar-refractivity contribution is 0.0499. The van der Waals surface area contributed by atoms with Gasteiger partial charge in [0.15, 0.2) is 0 Å². The molecule has 0 spiro atoms. The van der Waals surface area contributed by atoms with Gasteiger partial charge >= 0.3 is 6.09 Å². The third kappa shape index (κ3) is 4.69.